The molecule has 0 aliphatic carbocycles. The molecule has 140 valence electrons. The Morgan fingerprint density at radius 1 is 1.12 bits per heavy atom. The number of hydrogen-bond acceptors (Lipinski definition) is 4. The minimum atomic E-state index is -0.118. The number of methoxy groups -OCH3 is 1. The maximum atomic E-state index is 12.0. The quantitative estimate of drug-likeness (QED) is 0.720. The van der Waals surface area contributed by atoms with Crippen LogP contribution in [-0.2, 0) is 11.4 Å². The molecule has 0 bridgehead atoms. The Kier molecular flexibility index (Phi) is 7.48. The number of carbonyl (C=O) groups excluding carboxylic acids is 1. The summed E-state index contributed by atoms with van der Waals surface area (Å²) in [4.78, 5) is 12.0. The Balaban J connectivity index is 1.99. The molecule has 0 fully saturated rings. The van der Waals surface area contributed by atoms with Crippen LogP contribution in [0.15, 0.2) is 48.5 Å². The number of nitrogens with two attached hydrogens (primary N) is 1. The van der Waals surface area contributed by atoms with Gasteiger partial charge in [0.1, 0.15) is 6.61 Å². The van der Waals surface area contributed by atoms with Crippen LogP contribution >= 0.6 is 0 Å². The molecule has 2 aromatic carbocycles. The summed E-state index contributed by atoms with van der Waals surface area (Å²) in [7, 11) is 1.61. The van der Waals surface area contributed by atoms with E-state index in [2.05, 4.69) is 5.32 Å². The van der Waals surface area contributed by atoms with E-state index in [-0.39, 0.29) is 18.0 Å². The first-order chi connectivity index (χ1) is 12.5. The van der Waals surface area contributed by atoms with Crippen molar-refractivity contribution in [2.24, 2.45) is 5.73 Å². The molecule has 0 aliphatic heterocycles. The number of benzene rings is 2. The zero-order valence-electron chi connectivity index (χ0n) is 15.7. The molecule has 5 nitrogen and oxygen atoms in total. The van der Waals surface area contributed by atoms with E-state index in [0.717, 1.165) is 11.1 Å². The topological polar surface area (TPSA) is 73.6 Å². The van der Waals surface area contributed by atoms with Crippen molar-refractivity contribution in [3.63, 3.8) is 0 Å². The summed E-state index contributed by atoms with van der Waals surface area (Å²) in [5, 5.41) is 2.99. The summed E-state index contributed by atoms with van der Waals surface area (Å²) >= 11 is 0. The third-order valence-electron chi connectivity index (χ3n) is 4.13. The zero-order valence-corrected chi connectivity index (χ0v) is 15.7. The second-order valence-electron chi connectivity index (χ2n) is 6.49. The van der Waals surface area contributed by atoms with Gasteiger partial charge in [-0.05, 0) is 43.5 Å². The zero-order chi connectivity index (χ0) is 18.9. The highest BCUT2D eigenvalue weighted by Gasteiger charge is 2.13. The number of hydrogen-bond donors (Lipinski definition) is 2. The van der Waals surface area contributed by atoms with Gasteiger partial charge in [0, 0.05) is 12.5 Å². The van der Waals surface area contributed by atoms with E-state index in [4.69, 9.17) is 15.2 Å². The van der Waals surface area contributed by atoms with Gasteiger partial charge in [-0.1, -0.05) is 36.4 Å². The second kappa shape index (κ2) is 9.82. The van der Waals surface area contributed by atoms with Crippen LogP contribution in [0.4, 0.5) is 0 Å². The highest BCUT2D eigenvalue weighted by Crippen LogP contribution is 2.31. The van der Waals surface area contributed by atoms with Crippen molar-refractivity contribution < 1.29 is 14.3 Å². The standard InChI is InChI=1S/C21H28N2O3/c1-15(22)9-12-21(24)23-16(2)18-10-11-19(20(13-18)25-3)26-14-17-7-5-4-6-8-17/h4-8,10-11,13,15-16H,9,12,14,22H2,1-3H3,(H,23,24). The predicted molar refractivity (Wildman–Crippen MR) is 103 cm³/mol. The van der Waals surface area contributed by atoms with Gasteiger partial charge < -0.3 is 20.5 Å². The van der Waals surface area contributed by atoms with Gasteiger partial charge in [-0.25, -0.2) is 0 Å². The Labute approximate surface area is 155 Å². The molecule has 2 atom stereocenters. The summed E-state index contributed by atoms with van der Waals surface area (Å²) in [5.41, 5.74) is 7.75. The van der Waals surface area contributed by atoms with E-state index in [1.54, 1.807) is 7.11 Å². The number of carbonyl (C=O) groups is 1. The molecule has 0 saturated heterocycles. The summed E-state index contributed by atoms with van der Waals surface area (Å²) < 4.78 is 11.3. The van der Waals surface area contributed by atoms with Gasteiger partial charge in [0.15, 0.2) is 11.5 Å². The van der Waals surface area contributed by atoms with Crippen LogP contribution in [0.1, 0.15) is 43.9 Å². The predicted octanol–water partition coefficient (Wildman–Crippen LogP) is 3.58. The van der Waals surface area contributed by atoms with Gasteiger partial charge in [-0.2, -0.15) is 0 Å². The molecule has 5 heteroatoms. The molecule has 26 heavy (non-hydrogen) atoms. The monoisotopic (exact) mass is 356 g/mol. The average molecular weight is 356 g/mol. The van der Waals surface area contributed by atoms with Gasteiger partial charge in [0.2, 0.25) is 5.91 Å². The van der Waals surface area contributed by atoms with Gasteiger partial charge in [-0.3, -0.25) is 4.79 Å². The van der Waals surface area contributed by atoms with Gasteiger partial charge >= 0.3 is 0 Å². The van der Waals surface area contributed by atoms with E-state index in [9.17, 15) is 4.79 Å². The lowest BCUT2D eigenvalue weighted by Gasteiger charge is -2.17. The molecule has 0 spiro atoms. The fourth-order valence-corrected chi connectivity index (χ4v) is 2.56. The van der Waals surface area contributed by atoms with Crippen LogP contribution in [0.3, 0.4) is 0 Å². The van der Waals surface area contributed by atoms with Gasteiger partial charge in [0.25, 0.3) is 0 Å². The van der Waals surface area contributed by atoms with Crippen LogP contribution in [0, 0.1) is 0 Å². The summed E-state index contributed by atoms with van der Waals surface area (Å²) in [6, 6.07) is 15.6. The Morgan fingerprint density at radius 3 is 2.50 bits per heavy atom. The van der Waals surface area contributed by atoms with Crippen molar-refractivity contribution in [1.82, 2.24) is 5.32 Å². The minimum absolute atomic E-state index is 0.00169. The maximum Gasteiger partial charge on any atom is 0.220 e. The largest absolute Gasteiger partial charge is 0.493 e. The second-order valence-corrected chi connectivity index (χ2v) is 6.49. The minimum Gasteiger partial charge on any atom is -0.493 e. The summed E-state index contributed by atoms with van der Waals surface area (Å²) in [6.45, 7) is 4.32. The summed E-state index contributed by atoms with van der Waals surface area (Å²) in [6.07, 6.45) is 1.10. The van der Waals surface area contributed by atoms with E-state index in [1.807, 2.05) is 62.4 Å². The fraction of sp³-hybridized carbons (Fsp3) is 0.381. The van der Waals surface area contributed by atoms with Crippen molar-refractivity contribution in [3.8, 4) is 11.5 Å². The van der Waals surface area contributed by atoms with Gasteiger partial charge in [0.05, 0.1) is 13.2 Å². The van der Waals surface area contributed by atoms with E-state index in [0.29, 0.717) is 30.9 Å². The Bertz CT molecular complexity index is 702. The molecule has 0 heterocycles. The normalized spacial score (nSPS) is 12.9. The Morgan fingerprint density at radius 2 is 1.85 bits per heavy atom. The Hall–Kier alpha value is -2.53. The van der Waals surface area contributed by atoms with Crippen molar-refractivity contribution in [2.75, 3.05) is 7.11 Å². The lowest BCUT2D eigenvalue weighted by atomic mass is 10.1. The highest BCUT2D eigenvalue weighted by molar-refractivity contribution is 5.76. The third-order valence-corrected chi connectivity index (χ3v) is 4.13. The first-order valence-electron chi connectivity index (χ1n) is 8.89. The molecule has 0 saturated carbocycles. The van der Waals surface area contributed by atoms with Crippen molar-refractivity contribution >= 4 is 5.91 Å². The lowest BCUT2D eigenvalue weighted by Crippen LogP contribution is -2.28. The molecule has 0 radical (unpaired) electrons. The van der Waals surface area contributed by atoms with E-state index >= 15 is 0 Å². The molecule has 3 N–H and O–H groups in total. The lowest BCUT2D eigenvalue weighted by molar-refractivity contribution is -0.121. The van der Waals surface area contributed by atoms with Crippen molar-refractivity contribution in [3.05, 3.63) is 59.7 Å². The first kappa shape index (κ1) is 19.8. The van der Waals surface area contributed by atoms with Crippen LogP contribution in [0.5, 0.6) is 11.5 Å². The van der Waals surface area contributed by atoms with Crippen molar-refractivity contribution in [1.29, 1.82) is 0 Å². The van der Waals surface area contributed by atoms with Crippen LogP contribution in [0.25, 0.3) is 0 Å². The van der Waals surface area contributed by atoms with Crippen molar-refractivity contribution in [2.45, 2.75) is 45.4 Å². The number of rotatable bonds is 9. The molecular formula is C21H28N2O3. The first-order valence-corrected chi connectivity index (χ1v) is 8.89. The number of nitrogens with one attached hydrogen (secondary N) is 1. The highest BCUT2D eigenvalue weighted by atomic mass is 16.5. The molecule has 0 aliphatic rings. The van der Waals surface area contributed by atoms with E-state index in [1.165, 1.54) is 0 Å². The molecule has 0 aromatic heterocycles. The maximum absolute atomic E-state index is 12.0. The van der Waals surface area contributed by atoms with Crippen LogP contribution in [-0.4, -0.2) is 19.1 Å². The number of amides is 1. The van der Waals surface area contributed by atoms with Gasteiger partial charge in [-0.15, -0.1) is 0 Å². The summed E-state index contributed by atoms with van der Waals surface area (Å²) in [5.74, 6) is 1.32. The van der Waals surface area contributed by atoms with Crippen LogP contribution in [0.2, 0.25) is 0 Å². The van der Waals surface area contributed by atoms with E-state index < -0.39 is 0 Å². The van der Waals surface area contributed by atoms with Crippen LogP contribution < -0.4 is 20.5 Å². The number of ether oxygens (including phenoxy) is 2. The molecular weight excluding hydrogens is 328 g/mol. The molecule has 2 aromatic rings. The molecule has 2 rings (SSSR count). The third kappa shape index (κ3) is 6.08. The average Bonchev–Trinajstić information content (AvgIpc) is 2.65. The molecule has 2 unspecified atom stereocenters. The fourth-order valence-electron chi connectivity index (χ4n) is 2.56. The SMILES string of the molecule is COc1cc(C(C)NC(=O)CCC(C)N)ccc1OCc1ccccc1. The molecule has 1 amide bonds. The smallest absolute Gasteiger partial charge is 0.220 e.